The molecule has 0 aliphatic carbocycles. The molecule has 0 saturated carbocycles. The van der Waals surface area contributed by atoms with Gasteiger partial charge in [0.05, 0.1) is 12.3 Å². The number of aromatic hydroxyl groups is 1. The second kappa shape index (κ2) is 5.68. The van der Waals surface area contributed by atoms with E-state index >= 15 is 0 Å². The largest absolute Gasteiger partial charge is 0.506 e. The molecule has 0 aliphatic heterocycles. The van der Waals surface area contributed by atoms with Gasteiger partial charge in [0, 0.05) is 25.9 Å². The first-order chi connectivity index (χ1) is 7.13. The lowest BCUT2D eigenvalue weighted by Crippen LogP contribution is -2.23. The summed E-state index contributed by atoms with van der Waals surface area (Å²) in [4.78, 5) is 6.35. The number of hydrogen-bond acceptors (Lipinski definition) is 4. The van der Waals surface area contributed by atoms with Gasteiger partial charge in [-0.15, -0.1) is 0 Å². The highest BCUT2D eigenvalue weighted by Gasteiger charge is 2.06. The monoisotopic (exact) mass is 210 g/mol. The van der Waals surface area contributed by atoms with E-state index in [1.54, 1.807) is 19.2 Å². The molecule has 1 rings (SSSR count). The van der Waals surface area contributed by atoms with Gasteiger partial charge in [-0.3, -0.25) is 9.88 Å². The van der Waals surface area contributed by atoms with Crippen LogP contribution in [-0.2, 0) is 11.3 Å². The summed E-state index contributed by atoms with van der Waals surface area (Å²) < 4.78 is 4.98. The number of pyridine rings is 1. The van der Waals surface area contributed by atoms with Gasteiger partial charge in [0.25, 0.3) is 0 Å². The number of ether oxygens (including phenoxy) is 1. The molecular formula is C11H18N2O2. The van der Waals surface area contributed by atoms with Crippen LogP contribution in [0.5, 0.6) is 5.75 Å². The molecule has 0 aliphatic rings. The predicted octanol–water partition coefficient (Wildman–Crippen LogP) is 1.17. The second-order valence-electron chi connectivity index (χ2n) is 3.65. The maximum absolute atomic E-state index is 9.59. The molecule has 0 amide bonds. The average Bonchev–Trinajstić information content (AvgIpc) is 2.20. The van der Waals surface area contributed by atoms with Crippen molar-refractivity contribution in [2.75, 3.05) is 27.3 Å². The molecule has 0 fully saturated rings. The second-order valence-corrected chi connectivity index (χ2v) is 3.65. The average molecular weight is 210 g/mol. The molecule has 4 heteroatoms. The summed E-state index contributed by atoms with van der Waals surface area (Å²) in [6.45, 7) is 4.06. The van der Waals surface area contributed by atoms with Gasteiger partial charge < -0.3 is 9.84 Å². The molecule has 0 saturated heterocycles. The van der Waals surface area contributed by atoms with Crippen LogP contribution in [0.3, 0.4) is 0 Å². The first-order valence-corrected chi connectivity index (χ1v) is 4.96. The van der Waals surface area contributed by atoms with Crippen LogP contribution < -0.4 is 0 Å². The molecule has 0 radical (unpaired) electrons. The fourth-order valence-electron chi connectivity index (χ4n) is 1.30. The molecule has 0 atom stereocenters. The quantitative estimate of drug-likeness (QED) is 0.792. The Morgan fingerprint density at radius 2 is 2.20 bits per heavy atom. The third kappa shape index (κ3) is 3.85. The highest BCUT2D eigenvalue weighted by atomic mass is 16.5. The van der Waals surface area contributed by atoms with Gasteiger partial charge in [-0.1, -0.05) is 0 Å². The van der Waals surface area contributed by atoms with Crippen LogP contribution in [0.4, 0.5) is 0 Å². The van der Waals surface area contributed by atoms with E-state index in [1.165, 1.54) is 0 Å². The molecule has 15 heavy (non-hydrogen) atoms. The Labute approximate surface area is 90.5 Å². The molecular weight excluding hydrogens is 192 g/mol. The van der Waals surface area contributed by atoms with Crippen LogP contribution in [0.25, 0.3) is 0 Å². The number of nitrogens with zero attached hydrogens (tertiary/aromatic N) is 2. The molecule has 0 unspecified atom stereocenters. The molecule has 1 aromatic rings. The first-order valence-electron chi connectivity index (χ1n) is 4.96. The minimum Gasteiger partial charge on any atom is -0.506 e. The van der Waals surface area contributed by atoms with Crippen molar-refractivity contribution in [1.29, 1.82) is 0 Å². The Balaban J connectivity index is 2.59. The minimum absolute atomic E-state index is 0.255. The third-order valence-corrected chi connectivity index (χ3v) is 2.19. The Morgan fingerprint density at radius 3 is 2.87 bits per heavy atom. The van der Waals surface area contributed by atoms with E-state index in [0.29, 0.717) is 18.8 Å². The zero-order valence-corrected chi connectivity index (χ0v) is 9.53. The van der Waals surface area contributed by atoms with E-state index in [4.69, 9.17) is 4.74 Å². The van der Waals surface area contributed by atoms with Crippen LogP contribution >= 0.6 is 0 Å². The lowest BCUT2D eigenvalue weighted by Gasteiger charge is -2.16. The Kier molecular flexibility index (Phi) is 4.52. The molecule has 0 spiro atoms. The van der Waals surface area contributed by atoms with Gasteiger partial charge in [-0.2, -0.15) is 0 Å². The summed E-state index contributed by atoms with van der Waals surface area (Å²) in [6.07, 6.45) is 0. The van der Waals surface area contributed by atoms with Crippen LogP contribution in [0.2, 0.25) is 0 Å². The molecule has 1 heterocycles. The van der Waals surface area contributed by atoms with Crippen molar-refractivity contribution >= 4 is 0 Å². The number of hydrogen-bond donors (Lipinski definition) is 1. The van der Waals surface area contributed by atoms with E-state index in [0.717, 1.165) is 12.2 Å². The number of aromatic nitrogens is 1. The standard InChI is InChI=1S/C11H18N2O2/c1-9-4-5-11(14)10(12-9)8-13(2)6-7-15-3/h4-5,14H,6-8H2,1-3H3. The van der Waals surface area contributed by atoms with Gasteiger partial charge in [0.1, 0.15) is 5.75 Å². The van der Waals surface area contributed by atoms with E-state index in [-0.39, 0.29) is 5.75 Å². The number of methoxy groups -OCH3 is 1. The SMILES string of the molecule is COCCN(C)Cc1nc(C)ccc1O. The Morgan fingerprint density at radius 1 is 1.47 bits per heavy atom. The fraction of sp³-hybridized carbons (Fsp3) is 0.545. The highest BCUT2D eigenvalue weighted by molar-refractivity contribution is 5.27. The van der Waals surface area contributed by atoms with Gasteiger partial charge in [0.2, 0.25) is 0 Å². The van der Waals surface area contributed by atoms with Crippen LogP contribution in [-0.4, -0.2) is 42.3 Å². The zero-order valence-electron chi connectivity index (χ0n) is 9.53. The smallest absolute Gasteiger partial charge is 0.138 e. The summed E-state index contributed by atoms with van der Waals surface area (Å²) >= 11 is 0. The third-order valence-electron chi connectivity index (χ3n) is 2.19. The normalized spacial score (nSPS) is 10.9. The number of aryl methyl sites for hydroxylation is 1. The van der Waals surface area contributed by atoms with E-state index in [1.807, 2.05) is 14.0 Å². The van der Waals surface area contributed by atoms with Crippen LogP contribution in [0.1, 0.15) is 11.4 Å². The molecule has 1 aromatic heterocycles. The molecule has 0 aromatic carbocycles. The van der Waals surface area contributed by atoms with Crippen molar-refractivity contribution in [2.24, 2.45) is 0 Å². The first kappa shape index (κ1) is 11.9. The van der Waals surface area contributed by atoms with Crippen molar-refractivity contribution in [3.63, 3.8) is 0 Å². The van der Waals surface area contributed by atoms with E-state index in [2.05, 4.69) is 9.88 Å². The zero-order chi connectivity index (χ0) is 11.3. The molecule has 84 valence electrons. The molecule has 1 N–H and O–H groups in total. The lowest BCUT2D eigenvalue weighted by atomic mass is 10.2. The van der Waals surface area contributed by atoms with Crippen molar-refractivity contribution in [2.45, 2.75) is 13.5 Å². The summed E-state index contributed by atoms with van der Waals surface area (Å²) in [5, 5.41) is 9.59. The molecule has 4 nitrogen and oxygen atoms in total. The van der Waals surface area contributed by atoms with Gasteiger partial charge in [0.15, 0.2) is 0 Å². The highest BCUT2D eigenvalue weighted by Crippen LogP contribution is 2.15. The van der Waals surface area contributed by atoms with Gasteiger partial charge >= 0.3 is 0 Å². The topological polar surface area (TPSA) is 45.6 Å². The summed E-state index contributed by atoms with van der Waals surface area (Å²) in [5.74, 6) is 0.255. The van der Waals surface area contributed by atoms with Crippen LogP contribution in [0.15, 0.2) is 12.1 Å². The molecule has 0 bridgehead atoms. The Hall–Kier alpha value is -1.13. The summed E-state index contributed by atoms with van der Waals surface area (Å²) in [5.41, 5.74) is 1.64. The van der Waals surface area contributed by atoms with E-state index < -0.39 is 0 Å². The lowest BCUT2D eigenvalue weighted by molar-refractivity contribution is 0.157. The van der Waals surface area contributed by atoms with Gasteiger partial charge in [-0.05, 0) is 26.1 Å². The fourth-order valence-corrected chi connectivity index (χ4v) is 1.30. The van der Waals surface area contributed by atoms with Crippen molar-refractivity contribution < 1.29 is 9.84 Å². The van der Waals surface area contributed by atoms with Crippen LogP contribution in [0, 0.1) is 6.92 Å². The minimum atomic E-state index is 0.255. The summed E-state index contributed by atoms with van der Waals surface area (Å²) in [6, 6.07) is 3.48. The van der Waals surface area contributed by atoms with Crippen molar-refractivity contribution in [1.82, 2.24) is 9.88 Å². The maximum Gasteiger partial charge on any atom is 0.138 e. The van der Waals surface area contributed by atoms with Gasteiger partial charge in [-0.25, -0.2) is 0 Å². The predicted molar refractivity (Wildman–Crippen MR) is 58.8 cm³/mol. The van der Waals surface area contributed by atoms with E-state index in [9.17, 15) is 5.11 Å². The van der Waals surface area contributed by atoms with Crippen molar-refractivity contribution in [3.8, 4) is 5.75 Å². The number of likely N-dealkylation sites (N-methyl/N-ethyl adjacent to an activating group) is 1. The summed E-state index contributed by atoms with van der Waals surface area (Å²) in [7, 11) is 3.65. The van der Waals surface area contributed by atoms with Crippen molar-refractivity contribution in [3.05, 3.63) is 23.5 Å². The maximum atomic E-state index is 9.59. The number of rotatable bonds is 5. The Bertz CT molecular complexity index is 315.